The summed E-state index contributed by atoms with van der Waals surface area (Å²) in [7, 11) is 1.94. The first-order valence-electron chi connectivity index (χ1n) is 20.7. The van der Waals surface area contributed by atoms with Gasteiger partial charge in [-0.2, -0.15) is 0 Å². The molecule has 0 aromatic heterocycles. The van der Waals surface area contributed by atoms with Crippen molar-refractivity contribution in [1.82, 2.24) is 10.1 Å². The third-order valence-corrected chi connectivity index (χ3v) is 12.3. The van der Waals surface area contributed by atoms with Gasteiger partial charge in [-0.05, 0) is 96.9 Å². The van der Waals surface area contributed by atoms with Crippen molar-refractivity contribution in [2.45, 2.75) is 62.2 Å². The normalized spacial score (nSPS) is 27.3. The smallest absolute Gasteiger partial charge is 0.488 e. The number of guanidine groups is 2. The Hall–Kier alpha value is -4.82. The standard InChI is InChI=1S/C22H24FN3O3.C16H20BrN3O3.C6H6BFO2/c1-26-21(24)25-22(29-26)12-20(16-5-3-9-27-13-16)28-19-8-7-15(11-18(19)22)14-4-2-6-17(23)10-14;1-20-15(18)19-16(23-20)8-14(10-3-2-6-21-9-10)22-13-5-4-11(17)7-12(13)16;8-6-3-1-2-5(4-6)7(9)10/h2,4,6-8,10-11,16,20H,3,5,9,12-13H2,1H3,(H2,24,25);4-5,7,10,14H,2-3,6,8-9H2,1H3,(H2,18,19);1-4,9-10H. The summed E-state index contributed by atoms with van der Waals surface area (Å²) >= 11 is 3.52. The third kappa shape index (κ3) is 9.41. The molecule has 0 aliphatic carbocycles. The number of hydrogen-bond acceptors (Lipinski definition) is 14. The van der Waals surface area contributed by atoms with Crippen molar-refractivity contribution in [2.75, 3.05) is 40.5 Å². The van der Waals surface area contributed by atoms with Gasteiger partial charge in [-0.25, -0.2) is 38.6 Å². The van der Waals surface area contributed by atoms with Gasteiger partial charge in [0.2, 0.25) is 23.4 Å². The molecule has 2 spiro atoms. The van der Waals surface area contributed by atoms with E-state index < -0.39 is 24.4 Å². The van der Waals surface area contributed by atoms with Crippen LogP contribution < -0.4 is 26.4 Å². The van der Waals surface area contributed by atoms with Crippen LogP contribution in [0.15, 0.2) is 99.4 Å². The minimum atomic E-state index is -1.59. The van der Waals surface area contributed by atoms with Gasteiger partial charge in [-0.3, -0.25) is 0 Å². The van der Waals surface area contributed by atoms with E-state index in [0.717, 1.165) is 89.8 Å². The molecule has 10 rings (SSSR count). The summed E-state index contributed by atoms with van der Waals surface area (Å²) in [4.78, 5) is 21.6. The Morgan fingerprint density at radius 1 is 0.694 bits per heavy atom. The number of rotatable bonds is 4. The first-order chi connectivity index (χ1) is 29.8. The molecule has 6 N–H and O–H groups in total. The van der Waals surface area contributed by atoms with Gasteiger partial charge < -0.3 is 40.5 Å². The highest BCUT2D eigenvalue weighted by atomic mass is 79.9. The Kier molecular flexibility index (Phi) is 13.1. The zero-order valence-electron chi connectivity index (χ0n) is 34.5. The lowest BCUT2D eigenvalue weighted by molar-refractivity contribution is -0.197. The van der Waals surface area contributed by atoms with Crippen LogP contribution in [0, 0.1) is 23.5 Å². The Bertz CT molecular complexity index is 2300. The van der Waals surface area contributed by atoms with Crippen LogP contribution >= 0.6 is 15.9 Å². The summed E-state index contributed by atoms with van der Waals surface area (Å²) in [6.07, 6.45) is 5.35. The summed E-state index contributed by atoms with van der Waals surface area (Å²) in [6.45, 7) is 3.03. The molecule has 4 aromatic rings. The average molecular weight is 920 g/mol. The maximum absolute atomic E-state index is 13.7. The molecule has 14 nitrogen and oxygen atoms in total. The van der Waals surface area contributed by atoms with Crippen LogP contribution in [-0.4, -0.2) is 91.9 Å². The predicted octanol–water partition coefficient (Wildman–Crippen LogP) is 5.29. The van der Waals surface area contributed by atoms with Gasteiger partial charge in [0.05, 0.1) is 24.3 Å². The highest BCUT2D eigenvalue weighted by Crippen LogP contribution is 2.50. The number of nitrogens with zero attached hydrogens (tertiary/aromatic N) is 4. The molecule has 6 aliphatic rings. The van der Waals surface area contributed by atoms with Gasteiger partial charge in [-0.1, -0.05) is 46.3 Å². The Labute approximate surface area is 367 Å². The molecule has 18 heteroatoms. The van der Waals surface area contributed by atoms with E-state index in [9.17, 15) is 8.78 Å². The van der Waals surface area contributed by atoms with E-state index in [1.807, 2.05) is 42.5 Å². The monoisotopic (exact) mass is 918 g/mol. The molecule has 62 heavy (non-hydrogen) atoms. The Morgan fingerprint density at radius 2 is 1.21 bits per heavy atom. The van der Waals surface area contributed by atoms with E-state index in [1.165, 1.54) is 40.5 Å². The number of ether oxygens (including phenoxy) is 4. The fourth-order valence-corrected chi connectivity index (χ4v) is 9.03. The number of aliphatic imine (C=N–C) groups is 2. The minimum absolute atomic E-state index is 0.00651. The van der Waals surface area contributed by atoms with Crippen LogP contribution in [0.3, 0.4) is 0 Å². The van der Waals surface area contributed by atoms with Crippen molar-refractivity contribution >= 4 is 40.4 Å². The molecule has 2 saturated heterocycles. The number of fused-ring (bicyclic) bond motifs is 4. The molecule has 6 atom stereocenters. The van der Waals surface area contributed by atoms with Crippen molar-refractivity contribution < 1.29 is 47.5 Å². The quantitative estimate of drug-likeness (QED) is 0.195. The molecular formula is C44H50BBrF2N6O8. The molecule has 6 aliphatic heterocycles. The van der Waals surface area contributed by atoms with Crippen LogP contribution in [0.1, 0.15) is 49.7 Å². The molecular weight excluding hydrogens is 869 g/mol. The van der Waals surface area contributed by atoms with Crippen LogP contribution in [0.25, 0.3) is 11.1 Å². The maximum Gasteiger partial charge on any atom is 0.488 e. The molecule has 4 aromatic carbocycles. The van der Waals surface area contributed by atoms with Crippen molar-refractivity contribution in [3.8, 4) is 22.6 Å². The first-order valence-corrected chi connectivity index (χ1v) is 21.5. The molecule has 6 heterocycles. The van der Waals surface area contributed by atoms with Crippen molar-refractivity contribution in [3.05, 3.63) is 112 Å². The van der Waals surface area contributed by atoms with E-state index in [4.69, 9.17) is 55.1 Å². The van der Waals surface area contributed by atoms with Crippen LogP contribution in [0.2, 0.25) is 0 Å². The largest absolute Gasteiger partial charge is 0.489 e. The molecule has 0 amide bonds. The second-order valence-electron chi connectivity index (χ2n) is 16.2. The summed E-state index contributed by atoms with van der Waals surface area (Å²) in [5.74, 6) is 2.13. The average Bonchev–Trinajstić information content (AvgIpc) is 3.72. The van der Waals surface area contributed by atoms with Crippen molar-refractivity contribution in [1.29, 1.82) is 0 Å². The molecule has 0 saturated carbocycles. The number of nitrogens with two attached hydrogens (primary N) is 2. The van der Waals surface area contributed by atoms with Gasteiger partial charge >= 0.3 is 7.12 Å². The van der Waals surface area contributed by atoms with E-state index >= 15 is 0 Å². The number of hydrogen-bond donors (Lipinski definition) is 4. The van der Waals surface area contributed by atoms with Gasteiger partial charge in [-0.15, -0.1) is 0 Å². The Balaban J connectivity index is 0.000000143. The second-order valence-corrected chi connectivity index (χ2v) is 17.1. The van der Waals surface area contributed by atoms with E-state index in [1.54, 1.807) is 20.2 Å². The topological polar surface area (TPSA) is 179 Å². The fraction of sp³-hybridized carbons (Fsp3) is 0.409. The predicted molar refractivity (Wildman–Crippen MR) is 232 cm³/mol. The SMILES string of the molecule is CN1OC2(CC(C3CCCOC3)Oc3ccc(-c4cccc(F)c4)cc32)N=C1N.CN1OC2(CC(C3CCCOC3)Oc3ccc(Br)cc32)N=C1N.OB(O)c1cccc(F)c1. The van der Waals surface area contributed by atoms with Crippen LogP contribution in [0.4, 0.5) is 8.78 Å². The molecule has 2 fully saturated rings. The number of benzene rings is 4. The van der Waals surface area contributed by atoms with Gasteiger partial charge in [0.1, 0.15) is 35.3 Å². The zero-order valence-corrected chi connectivity index (χ0v) is 36.0. The van der Waals surface area contributed by atoms with E-state index in [-0.39, 0.29) is 29.4 Å². The second kappa shape index (κ2) is 18.5. The lowest BCUT2D eigenvalue weighted by Crippen LogP contribution is -2.44. The van der Waals surface area contributed by atoms with Gasteiger partial charge in [0, 0.05) is 56.5 Å². The van der Waals surface area contributed by atoms with Crippen molar-refractivity contribution in [2.24, 2.45) is 33.3 Å². The molecule has 6 unspecified atom stereocenters. The highest BCUT2D eigenvalue weighted by Gasteiger charge is 2.52. The van der Waals surface area contributed by atoms with E-state index in [0.29, 0.717) is 37.3 Å². The first kappa shape index (κ1) is 43.8. The third-order valence-electron chi connectivity index (χ3n) is 11.8. The lowest BCUT2D eigenvalue weighted by Gasteiger charge is -2.41. The summed E-state index contributed by atoms with van der Waals surface area (Å²) in [5.41, 5.74) is 13.8. The highest BCUT2D eigenvalue weighted by molar-refractivity contribution is 9.10. The van der Waals surface area contributed by atoms with Crippen LogP contribution in [0.5, 0.6) is 11.5 Å². The number of hydroxylamine groups is 4. The van der Waals surface area contributed by atoms with Crippen LogP contribution in [-0.2, 0) is 30.6 Å². The molecule has 328 valence electrons. The summed E-state index contributed by atoms with van der Waals surface area (Å²) in [5, 5.41) is 20.1. The van der Waals surface area contributed by atoms with Crippen molar-refractivity contribution in [3.63, 3.8) is 0 Å². The fourth-order valence-electron chi connectivity index (χ4n) is 8.66. The molecule has 0 bridgehead atoms. The summed E-state index contributed by atoms with van der Waals surface area (Å²) < 4.78 is 51.0. The summed E-state index contributed by atoms with van der Waals surface area (Å²) in [6, 6.07) is 23.5. The minimum Gasteiger partial charge on any atom is -0.489 e. The Morgan fingerprint density at radius 3 is 1.68 bits per heavy atom. The zero-order chi connectivity index (χ0) is 43.6. The number of halogens is 3. The van der Waals surface area contributed by atoms with E-state index in [2.05, 4.69) is 20.9 Å². The van der Waals surface area contributed by atoms with Gasteiger partial charge in [0.25, 0.3) is 0 Å². The lowest BCUT2D eigenvalue weighted by atomic mass is 9.80. The maximum atomic E-state index is 13.7. The van der Waals surface area contributed by atoms with Gasteiger partial charge in [0.15, 0.2) is 0 Å². The molecule has 0 radical (unpaired) electrons.